The summed E-state index contributed by atoms with van der Waals surface area (Å²) in [5, 5.41) is 20.7. The van der Waals surface area contributed by atoms with E-state index in [-0.39, 0.29) is 17.6 Å². The molecule has 0 unspecified atom stereocenters. The first-order valence-corrected chi connectivity index (χ1v) is 7.25. The second kappa shape index (κ2) is 4.89. The monoisotopic (exact) mass is 261 g/mol. The molecule has 1 saturated heterocycles. The Morgan fingerprint density at radius 2 is 1.95 bits per heavy atom. The van der Waals surface area contributed by atoms with Gasteiger partial charge in [0.25, 0.3) is 0 Å². The molecule has 2 aliphatic rings. The van der Waals surface area contributed by atoms with Crippen molar-refractivity contribution < 1.29 is 10.2 Å². The second-order valence-electron chi connectivity index (χ2n) is 6.32. The van der Waals surface area contributed by atoms with Gasteiger partial charge in [-0.2, -0.15) is 0 Å². The lowest BCUT2D eigenvalue weighted by Crippen LogP contribution is -2.63. The predicted molar refractivity (Wildman–Crippen MR) is 74.6 cm³/mol. The summed E-state index contributed by atoms with van der Waals surface area (Å²) < 4.78 is 0. The SMILES string of the molecule is C[C@@]12CCN(Cc3ccccc3)[C@@H](CC[C@@H]1O)[C@@H]2O. The van der Waals surface area contributed by atoms with Gasteiger partial charge in [-0.25, -0.2) is 0 Å². The Kier molecular flexibility index (Phi) is 3.37. The van der Waals surface area contributed by atoms with Crippen LogP contribution in [0.4, 0.5) is 0 Å². The molecule has 19 heavy (non-hydrogen) atoms. The fourth-order valence-corrected chi connectivity index (χ4v) is 3.71. The minimum Gasteiger partial charge on any atom is -0.392 e. The Hall–Kier alpha value is -0.900. The highest BCUT2D eigenvalue weighted by Gasteiger charge is 2.51. The summed E-state index contributed by atoms with van der Waals surface area (Å²) >= 11 is 0. The number of nitrogens with zero attached hydrogens (tertiary/aromatic N) is 1. The number of piperidine rings is 1. The average Bonchev–Trinajstić information content (AvgIpc) is 2.42. The van der Waals surface area contributed by atoms with Crippen LogP contribution in [0.1, 0.15) is 31.7 Å². The molecule has 2 bridgehead atoms. The third-order valence-corrected chi connectivity index (χ3v) is 5.17. The molecule has 4 atom stereocenters. The Balaban J connectivity index is 1.76. The van der Waals surface area contributed by atoms with Crippen molar-refractivity contribution in [3.05, 3.63) is 35.9 Å². The van der Waals surface area contributed by atoms with Crippen molar-refractivity contribution in [1.82, 2.24) is 4.90 Å². The fraction of sp³-hybridized carbons (Fsp3) is 0.625. The lowest BCUT2D eigenvalue weighted by Gasteiger charge is -2.54. The zero-order chi connectivity index (χ0) is 13.5. The highest BCUT2D eigenvalue weighted by atomic mass is 16.3. The third kappa shape index (κ3) is 2.20. The summed E-state index contributed by atoms with van der Waals surface area (Å²) in [4.78, 5) is 2.38. The number of benzene rings is 1. The first-order chi connectivity index (χ1) is 9.11. The van der Waals surface area contributed by atoms with Crippen molar-refractivity contribution >= 4 is 0 Å². The van der Waals surface area contributed by atoms with E-state index in [0.717, 1.165) is 32.4 Å². The molecule has 1 saturated carbocycles. The van der Waals surface area contributed by atoms with Crippen LogP contribution in [0, 0.1) is 5.41 Å². The van der Waals surface area contributed by atoms with Crippen molar-refractivity contribution in [3.8, 4) is 0 Å². The molecule has 104 valence electrons. The Labute approximate surface area is 114 Å². The Morgan fingerprint density at radius 3 is 2.68 bits per heavy atom. The maximum atomic E-state index is 10.6. The predicted octanol–water partition coefficient (Wildman–Crippen LogP) is 1.78. The van der Waals surface area contributed by atoms with Crippen LogP contribution in [0.5, 0.6) is 0 Å². The quantitative estimate of drug-likeness (QED) is 0.853. The molecule has 1 aliphatic heterocycles. The normalized spacial score (nSPS) is 39.2. The lowest BCUT2D eigenvalue weighted by molar-refractivity contribution is -0.163. The van der Waals surface area contributed by atoms with Gasteiger partial charge in [-0.05, 0) is 31.4 Å². The summed E-state index contributed by atoms with van der Waals surface area (Å²) in [6, 6.07) is 10.6. The van der Waals surface area contributed by atoms with Gasteiger partial charge >= 0.3 is 0 Å². The van der Waals surface area contributed by atoms with Crippen molar-refractivity contribution in [1.29, 1.82) is 0 Å². The van der Waals surface area contributed by atoms with Crippen molar-refractivity contribution in [2.24, 2.45) is 5.41 Å². The van der Waals surface area contributed by atoms with E-state index in [1.807, 2.05) is 13.0 Å². The van der Waals surface area contributed by atoms with Gasteiger partial charge in [0.2, 0.25) is 0 Å². The van der Waals surface area contributed by atoms with Crippen molar-refractivity contribution in [2.45, 2.75) is 51.0 Å². The average molecular weight is 261 g/mol. The summed E-state index contributed by atoms with van der Waals surface area (Å²) in [6.45, 7) is 3.90. The van der Waals surface area contributed by atoms with Gasteiger partial charge in [0.15, 0.2) is 0 Å². The second-order valence-corrected chi connectivity index (χ2v) is 6.32. The Morgan fingerprint density at radius 1 is 1.21 bits per heavy atom. The van der Waals surface area contributed by atoms with Crippen LogP contribution in [0.3, 0.4) is 0 Å². The zero-order valence-corrected chi connectivity index (χ0v) is 11.5. The fourth-order valence-electron chi connectivity index (χ4n) is 3.71. The molecule has 0 spiro atoms. The summed E-state index contributed by atoms with van der Waals surface area (Å²) in [7, 11) is 0. The topological polar surface area (TPSA) is 43.7 Å². The summed E-state index contributed by atoms with van der Waals surface area (Å²) in [5.41, 5.74) is 0.986. The van der Waals surface area contributed by atoms with Crippen molar-refractivity contribution in [3.63, 3.8) is 0 Å². The largest absolute Gasteiger partial charge is 0.392 e. The van der Waals surface area contributed by atoms with Crippen LogP contribution >= 0.6 is 0 Å². The molecule has 0 radical (unpaired) electrons. The van der Waals surface area contributed by atoms with E-state index in [4.69, 9.17) is 0 Å². The first kappa shape index (κ1) is 13.1. The van der Waals surface area contributed by atoms with Crippen LogP contribution < -0.4 is 0 Å². The molecule has 1 aromatic carbocycles. The van der Waals surface area contributed by atoms with Gasteiger partial charge in [-0.1, -0.05) is 37.3 Å². The van der Waals surface area contributed by atoms with Gasteiger partial charge in [-0.15, -0.1) is 0 Å². The highest BCUT2D eigenvalue weighted by Crippen LogP contribution is 2.45. The molecule has 3 heteroatoms. The van der Waals surface area contributed by atoms with E-state index < -0.39 is 6.10 Å². The highest BCUT2D eigenvalue weighted by molar-refractivity contribution is 5.15. The molecule has 3 nitrogen and oxygen atoms in total. The van der Waals surface area contributed by atoms with E-state index in [1.165, 1.54) is 5.56 Å². The molecule has 2 fully saturated rings. The van der Waals surface area contributed by atoms with Crippen LogP contribution in [-0.4, -0.2) is 39.9 Å². The maximum absolute atomic E-state index is 10.6. The van der Waals surface area contributed by atoms with Gasteiger partial charge < -0.3 is 10.2 Å². The van der Waals surface area contributed by atoms with E-state index in [0.29, 0.717) is 0 Å². The molecule has 1 heterocycles. The van der Waals surface area contributed by atoms with Gasteiger partial charge in [0.1, 0.15) is 0 Å². The molecule has 1 aliphatic carbocycles. The molecule has 0 aromatic heterocycles. The van der Waals surface area contributed by atoms with Crippen LogP contribution in [0.15, 0.2) is 30.3 Å². The number of aliphatic hydroxyl groups is 2. The van der Waals surface area contributed by atoms with Crippen LogP contribution in [0.25, 0.3) is 0 Å². The molecule has 3 rings (SSSR count). The third-order valence-electron chi connectivity index (χ3n) is 5.17. The Bertz CT molecular complexity index is 436. The number of hydrogen-bond acceptors (Lipinski definition) is 3. The molecular weight excluding hydrogens is 238 g/mol. The molecular formula is C16H23NO2. The van der Waals surface area contributed by atoms with Gasteiger partial charge in [-0.3, -0.25) is 4.90 Å². The van der Waals surface area contributed by atoms with Crippen molar-refractivity contribution in [2.75, 3.05) is 6.54 Å². The number of hydrogen-bond donors (Lipinski definition) is 2. The number of fused-ring (bicyclic) bond motifs is 2. The van der Waals surface area contributed by atoms with Crippen LogP contribution in [-0.2, 0) is 6.54 Å². The van der Waals surface area contributed by atoms with Gasteiger partial charge in [0.05, 0.1) is 12.2 Å². The van der Waals surface area contributed by atoms with E-state index in [1.54, 1.807) is 0 Å². The summed E-state index contributed by atoms with van der Waals surface area (Å²) in [6.07, 6.45) is 1.82. The minimum atomic E-state index is -0.409. The summed E-state index contributed by atoms with van der Waals surface area (Å²) in [5.74, 6) is 0. The van der Waals surface area contributed by atoms with E-state index in [2.05, 4.69) is 29.2 Å². The van der Waals surface area contributed by atoms with E-state index in [9.17, 15) is 10.2 Å². The standard InChI is InChI=1S/C16H23NO2/c1-16-9-10-17(11-12-5-3-2-4-6-12)13(15(16)19)7-8-14(16)18/h2-6,13-15,18-19H,7-11H2,1H3/t13-,14-,15-,16+/m0/s1. The minimum absolute atomic E-state index is 0.197. The zero-order valence-electron chi connectivity index (χ0n) is 11.5. The number of likely N-dealkylation sites (tertiary alicyclic amines) is 1. The maximum Gasteiger partial charge on any atom is 0.0774 e. The van der Waals surface area contributed by atoms with Crippen LogP contribution in [0.2, 0.25) is 0 Å². The molecule has 0 amide bonds. The number of aliphatic hydroxyl groups excluding tert-OH is 2. The smallest absolute Gasteiger partial charge is 0.0774 e. The lowest BCUT2D eigenvalue weighted by atomic mass is 9.64. The first-order valence-electron chi connectivity index (χ1n) is 7.25. The van der Waals surface area contributed by atoms with Gasteiger partial charge in [0, 0.05) is 18.0 Å². The molecule has 1 aromatic rings. The number of rotatable bonds is 2. The van der Waals surface area contributed by atoms with E-state index >= 15 is 0 Å². The molecule has 2 N–H and O–H groups in total.